The lowest BCUT2D eigenvalue weighted by Crippen LogP contribution is -2.25. The van der Waals surface area contributed by atoms with Crippen molar-refractivity contribution in [3.05, 3.63) is 64.9 Å². The maximum absolute atomic E-state index is 12.7. The second-order valence-electron chi connectivity index (χ2n) is 7.47. The molecule has 1 aromatic heterocycles. The number of halogens is 1. The molecule has 33 heavy (non-hydrogen) atoms. The van der Waals surface area contributed by atoms with Crippen LogP contribution in [0.5, 0.6) is 5.75 Å². The zero-order valence-corrected chi connectivity index (χ0v) is 20.6. The Morgan fingerprint density at radius 1 is 1.12 bits per heavy atom. The van der Waals surface area contributed by atoms with Gasteiger partial charge >= 0.3 is 0 Å². The van der Waals surface area contributed by atoms with Crippen LogP contribution in [0.3, 0.4) is 0 Å². The van der Waals surface area contributed by atoms with Gasteiger partial charge in [0.2, 0.25) is 11.8 Å². The molecule has 0 aliphatic rings. The molecule has 3 rings (SSSR count). The summed E-state index contributed by atoms with van der Waals surface area (Å²) in [7, 11) is 0. The molecule has 9 heteroatoms. The first-order chi connectivity index (χ1) is 15.8. The van der Waals surface area contributed by atoms with Gasteiger partial charge in [0.25, 0.3) is 0 Å². The second kappa shape index (κ2) is 11.2. The number of aromatic nitrogens is 2. The highest BCUT2D eigenvalue weighted by atomic mass is 35.5. The second-order valence-corrected chi connectivity index (χ2v) is 8.93. The number of rotatable bonds is 9. The number of hydrogen-bond donors (Lipinski definition) is 2. The largest absolute Gasteiger partial charge is 0.494 e. The van der Waals surface area contributed by atoms with E-state index < -0.39 is 6.04 Å². The van der Waals surface area contributed by atoms with Gasteiger partial charge in [-0.3, -0.25) is 14.3 Å². The predicted octanol–water partition coefficient (Wildman–Crippen LogP) is 5.48. The van der Waals surface area contributed by atoms with Gasteiger partial charge in [-0.05, 0) is 76.2 Å². The molecule has 0 bridgehead atoms. The molecule has 0 radical (unpaired) electrons. The topological polar surface area (TPSA) is 85.3 Å². The fraction of sp³-hybridized carbons (Fsp3) is 0.292. The van der Waals surface area contributed by atoms with Crippen LogP contribution in [-0.4, -0.2) is 34.0 Å². The monoisotopic (exact) mass is 486 g/mol. The molecule has 174 valence electrons. The molecule has 0 aliphatic heterocycles. The van der Waals surface area contributed by atoms with Gasteiger partial charge in [-0.25, -0.2) is 0 Å². The van der Waals surface area contributed by atoms with Crippen LogP contribution >= 0.6 is 23.4 Å². The van der Waals surface area contributed by atoms with E-state index in [2.05, 4.69) is 15.7 Å². The summed E-state index contributed by atoms with van der Waals surface area (Å²) in [6, 6.07) is 14.0. The van der Waals surface area contributed by atoms with Gasteiger partial charge in [-0.1, -0.05) is 11.6 Å². The van der Waals surface area contributed by atoms with Gasteiger partial charge in [0, 0.05) is 16.3 Å². The molecule has 0 saturated carbocycles. The molecular weight excluding hydrogens is 460 g/mol. The van der Waals surface area contributed by atoms with Crippen molar-refractivity contribution < 1.29 is 14.3 Å². The number of carbonyl (C=O) groups is 2. The third-order valence-electron chi connectivity index (χ3n) is 4.81. The van der Waals surface area contributed by atoms with Gasteiger partial charge < -0.3 is 15.4 Å². The van der Waals surface area contributed by atoms with Crippen molar-refractivity contribution in [1.82, 2.24) is 9.78 Å². The van der Waals surface area contributed by atoms with Crippen molar-refractivity contribution in [2.24, 2.45) is 0 Å². The molecule has 3 aromatic rings. The Hall–Kier alpha value is -2.97. The zero-order chi connectivity index (χ0) is 24.0. The van der Waals surface area contributed by atoms with Gasteiger partial charge in [0.05, 0.1) is 28.8 Å². The molecule has 1 atom stereocenters. The van der Waals surface area contributed by atoms with Crippen LogP contribution in [0, 0.1) is 13.8 Å². The number of carbonyl (C=O) groups excluding carboxylic acids is 2. The van der Waals surface area contributed by atoms with Crippen molar-refractivity contribution in [3.8, 4) is 5.75 Å². The Morgan fingerprint density at radius 3 is 2.45 bits per heavy atom. The summed E-state index contributed by atoms with van der Waals surface area (Å²) in [5, 5.41) is 10.4. The Morgan fingerprint density at radius 2 is 1.85 bits per heavy atom. The Balaban J connectivity index is 1.54. The van der Waals surface area contributed by atoms with Gasteiger partial charge in [-0.15, -0.1) is 11.8 Å². The molecule has 0 fully saturated rings. The highest BCUT2D eigenvalue weighted by molar-refractivity contribution is 8.00. The summed E-state index contributed by atoms with van der Waals surface area (Å²) in [4.78, 5) is 26.0. The van der Waals surface area contributed by atoms with E-state index in [-0.39, 0.29) is 17.6 Å². The van der Waals surface area contributed by atoms with Crippen LogP contribution in [0.15, 0.2) is 53.4 Å². The van der Waals surface area contributed by atoms with Crippen molar-refractivity contribution in [2.75, 3.05) is 23.0 Å². The van der Waals surface area contributed by atoms with Gasteiger partial charge in [0.15, 0.2) is 0 Å². The van der Waals surface area contributed by atoms with E-state index in [0.717, 1.165) is 22.0 Å². The van der Waals surface area contributed by atoms with Crippen molar-refractivity contribution in [2.45, 2.75) is 38.6 Å². The first kappa shape index (κ1) is 24.7. The number of benzene rings is 2. The van der Waals surface area contributed by atoms with E-state index in [1.165, 1.54) is 11.8 Å². The van der Waals surface area contributed by atoms with Crippen LogP contribution in [0.25, 0.3) is 0 Å². The van der Waals surface area contributed by atoms with E-state index in [0.29, 0.717) is 23.0 Å². The molecule has 0 saturated heterocycles. The van der Waals surface area contributed by atoms with Gasteiger partial charge in [-0.2, -0.15) is 5.10 Å². The Labute approximate surface area is 202 Å². The number of hydrogen-bond acceptors (Lipinski definition) is 5. The summed E-state index contributed by atoms with van der Waals surface area (Å²) >= 11 is 7.78. The van der Waals surface area contributed by atoms with E-state index in [4.69, 9.17) is 16.3 Å². The summed E-state index contributed by atoms with van der Waals surface area (Å²) in [5.74, 6) is 0.674. The lowest BCUT2D eigenvalue weighted by atomic mass is 10.2. The van der Waals surface area contributed by atoms with Crippen LogP contribution in [0.4, 0.5) is 11.4 Å². The molecule has 1 heterocycles. The lowest BCUT2D eigenvalue weighted by Gasteiger charge is -2.16. The fourth-order valence-corrected chi connectivity index (χ4v) is 4.15. The summed E-state index contributed by atoms with van der Waals surface area (Å²) in [6.45, 7) is 8.11. The zero-order valence-electron chi connectivity index (χ0n) is 19.0. The van der Waals surface area contributed by atoms with E-state index >= 15 is 0 Å². The lowest BCUT2D eigenvalue weighted by molar-refractivity contribution is -0.119. The number of aryl methyl sites for hydroxylation is 2. The van der Waals surface area contributed by atoms with Crippen molar-refractivity contribution >= 4 is 46.6 Å². The summed E-state index contributed by atoms with van der Waals surface area (Å²) in [5.41, 5.74) is 2.78. The van der Waals surface area contributed by atoms with Crippen molar-refractivity contribution in [1.29, 1.82) is 0 Å². The maximum Gasteiger partial charge on any atom is 0.248 e. The van der Waals surface area contributed by atoms with E-state index in [9.17, 15) is 9.59 Å². The molecule has 0 spiro atoms. The minimum absolute atomic E-state index is 0.153. The standard InChI is InChI=1S/C24H27ClN4O3S/c1-5-32-19-7-9-20(10-8-19)33-14-23(30)26-18-6-11-22(21(25)13-18)27-24(31)17(4)29-16(3)12-15(2)28-29/h6-13,17H,5,14H2,1-4H3,(H,26,30)(H,27,31). The van der Waals surface area contributed by atoms with Crippen LogP contribution in [-0.2, 0) is 9.59 Å². The SMILES string of the molecule is CCOc1ccc(SCC(=O)Nc2ccc(NC(=O)C(C)n3nc(C)cc3C)c(Cl)c2)cc1. The predicted molar refractivity (Wildman–Crippen MR) is 133 cm³/mol. The van der Waals surface area contributed by atoms with Gasteiger partial charge in [0.1, 0.15) is 11.8 Å². The first-order valence-electron chi connectivity index (χ1n) is 10.6. The van der Waals surface area contributed by atoms with Crippen molar-refractivity contribution in [3.63, 3.8) is 0 Å². The number of amides is 2. The molecular formula is C24H27ClN4O3S. The third-order valence-corrected chi connectivity index (χ3v) is 6.13. The van der Waals surface area contributed by atoms with Crippen LogP contribution in [0.2, 0.25) is 5.02 Å². The normalized spacial score (nSPS) is 11.7. The molecule has 2 N–H and O–H groups in total. The third kappa shape index (κ3) is 6.76. The van der Waals surface area contributed by atoms with Crippen LogP contribution in [0.1, 0.15) is 31.3 Å². The maximum atomic E-state index is 12.7. The summed E-state index contributed by atoms with van der Waals surface area (Å²) < 4.78 is 7.10. The molecule has 0 aliphatic carbocycles. The minimum Gasteiger partial charge on any atom is -0.494 e. The molecule has 7 nitrogen and oxygen atoms in total. The quantitative estimate of drug-likeness (QED) is 0.391. The summed E-state index contributed by atoms with van der Waals surface area (Å²) in [6.07, 6.45) is 0. The Bertz CT molecular complexity index is 1130. The average molecular weight is 487 g/mol. The average Bonchev–Trinajstić information content (AvgIpc) is 3.12. The van der Waals surface area contributed by atoms with E-state index in [1.807, 2.05) is 51.1 Å². The number of thioether (sulfide) groups is 1. The number of anilines is 2. The number of nitrogens with one attached hydrogen (secondary N) is 2. The number of ether oxygens (including phenoxy) is 1. The molecule has 2 amide bonds. The molecule has 2 aromatic carbocycles. The smallest absolute Gasteiger partial charge is 0.248 e. The first-order valence-corrected chi connectivity index (χ1v) is 11.9. The van der Waals surface area contributed by atoms with E-state index in [1.54, 1.807) is 29.8 Å². The fourth-order valence-electron chi connectivity index (χ4n) is 3.23. The highest BCUT2D eigenvalue weighted by Crippen LogP contribution is 2.27. The minimum atomic E-state index is -0.492. The highest BCUT2D eigenvalue weighted by Gasteiger charge is 2.19. The number of nitrogens with zero attached hydrogens (tertiary/aromatic N) is 2. The molecule has 1 unspecified atom stereocenters. The van der Waals surface area contributed by atoms with Crippen LogP contribution < -0.4 is 15.4 Å². The Kier molecular flexibility index (Phi) is 8.41.